The van der Waals surface area contributed by atoms with Crippen molar-refractivity contribution in [2.24, 2.45) is 5.73 Å². The number of benzene rings is 1. The molecule has 0 fully saturated rings. The van der Waals surface area contributed by atoms with Gasteiger partial charge >= 0.3 is 0 Å². The quantitative estimate of drug-likeness (QED) is 0.822. The first-order valence-electron chi connectivity index (χ1n) is 4.80. The molecule has 0 amide bonds. The normalized spacial score (nSPS) is 11.2. The molecule has 0 heterocycles. The maximum atomic E-state index is 13.0. The van der Waals surface area contributed by atoms with Crippen LogP contribution in [-0.4, -0.2) is 6.54 Å². The molecule has 0 spiro atoms. The van der Waals surface area contributed by atoms with Crippen molar-refractivity contribution in [1.29, 1.82) is 5.26 Å². The van der Waals surface area contributed by atoms with E-state index in [1.807, 2.05) is 19.1 Å². The Kier molecular flexibility index (Phi) is 4.02. The molecule has 0 saturated heterocycles. The minimum absolute atomic E-state index is 0.0659. The van der Waals surface area contributed by atoms with E-state index in [2.05, 4.69) is 0 Å². The topological polar surface area (TPSA) is 49.8 Å². The van der Waals surface area contributed by atoms with Crippen LogP contribution in [0, 0.1) is 17.1 Å². The SMILES string of the molecule is CC/C(=C/c1ccc(F)c(C#N)c1)CN. The van der Waals surface area contributed by atoms with Crippen LogP contribution in [-0.2, 0) is 0 Å². The van der Waals surface area contributed by atoms with Crippen LogP contribution in [0.2, 0.25) is 0 Å². The van der Waals surface area contributed by atoms with Crippen LogP contribution in [0.15, 0.2) is 23.8 Å². The zero-order chi connectivity index (χ0) is 11.3. The summed E-state index contributed by atoms with van der Waals surface area (Å²) in [6, 6.07) is 6.28. The summed E-state index contributed by atoms with van der Waals surface area (Å²) < 4.78 is 13.0. The van der Waals surface area contributed by atoms with Crippen molar-refractivity contribution in [1.82, 2.24) is 0 Å². The van der Waals surface area contributed by atoms with Crippen molar-refractivity contribution >= 4 is 6.08 Å². The summed E-state index contributed by atoms with van der Waals surface area (Å²) >= 11 is 0. The molecule has 0 aliphatic carbocycles. The van der Waals surface area contributed by atoms with Crippen LogP contribution in [0.4, 0.5) is 4.39 Å². The zero-order valence-corrected chi connectivity index (χ0v) is 8.63. The second kappa shape index (κ2) is 5.28. The molecule has 1 rings (SSSR count). The summed E-state index contributed by atoms with van der Waals surface area (Å²) in [6.07, 6.45) is 2.75. The lowest BCUT2D eigenvalue weighted by atomic mass is 10.1. The third-order valence-electron chi connectivity index (χ3n) is 2.20. The Bertz CT molecular complexity index is 410. The predicted octanol–water partition coefficient (Wildman–Crippen LogP) is 2.45. The maximum absolute atomic E-state index is 13.0. The van der Waals surface area contributed by atoms with E-state index in [1.54, 1.807) is 6.07 Å². The zero-order valence-electron chi connectivity index (χ0n) is 8.63. The molecule has 0 aliphatic heterocycles. The average molecular weight is 204 g/mol. The highest BCUT2D eigenvalue weighted by Crippen LogP contribution is 2.13. The predicted molar refractivity (Wildman–Crippen MR) is 58.4 cm³/mol. The Morgan fingerprint density at radius 2 is 2.33 bits per heavy atom. The molecule has 3 heteroatoms. The fourth-order valence-electron chi connectivity index (χ4n) is 1.26. The molecule has 0 bridgehead atoms. The van der Waals surface area contributed by atoms with Crippen molar-refractivity contribution in [3.63, 3.8) is 0 Å². The van der Waals surface area contributed by atoms with E-state index in [-0.39, 0.29) is 5.56 Å². The van der Waals surface area contributed by atoms with Gasteiger partial charge in [-0.25, -0.2) is 4.39 Å². The Hall–Kier alpha value is -1.66. The molecular weight excluding hydrogens is 191 g/mol. The minimum Gasteiger partial charge on any atom is -0.327 e. The number of rotatable bonds is 3. The van der Waals surface area contributed by atoms with E-state index in [0.717, 1.165) is 17.6 Å². The molecule has 0 unspecified atom stereocenters. The van der Waals surface area contributed by atoms with E-state index in [1.165, 1.54) is 12.1 Å². The molecule has 0 atom stereocenters. The van der Waals surface area contributed by atoms with Crippen LogP contribution < -0.4 is 5.73 Å². The van der Waals surface area contributed by atoms with Crippen LogP contribution >= 0.6 is 0 Å². The van der Waals surface area contributed by atoms with Crippen molar-refractivity contribution < 1.29 is 4.39 Å². The van der Waals surface area contributed by atoms with Gasteiger partial charge in [-0.2, -0.15) is 5.26 Å². The first kappa shape index (κ1) is 11.4. The molecule has 0 radical (unpaired) electrons. The molecule has 2 nitrogen and oxygen atoms in total. The van der Waals surface area contributed by atoms with Gasteiger partial charge in [0, 0.05) is 6.54 Å². The number of nitrogens with zero attached hydrogens (tertiary/aromatic N) is 1. The first-order chi connectivity index (χ1) is 7.21. The summed E-state index contributed by atoms with van der Waals surface area (Å²) in [5.41, 5.74) is 7.48. The third-order valence-corrected chi connectivity index (χ3v) is 2.20. The second-order valence-corrected chi connectivity index (χ2v) is 3.21. The van der Waals surface area contributed by atoms with Crippen molar-refractivity contribution in [2.45, 2.75) is 13.3 Å². The minimum atomic E-state index is -0.486. The van der Waals surface area contributed by atoms with Gasteiger partial charge in [-0.3, -0.25) is 0 Å². The first-order valence-corrected chi connectivity index (χ1v) is 4.80. The van der Waals surface area contributed by atoms with Gasteiger partial charge in [0.15, 0.2) is 0 Å². The van der Waals surface area contributed by atoms with Gasteiger partial charge in [-0.1, -0.05) is 24.6 Å². The Balaban J connectivity index is 3.07. The van der Waals surface area contributed by atoms with Gasteiger partial charge in [0.05, 0.1) is 5.56 Å². The molecule has 78 valence electrons. The van der Waals surface area contributed by atoms with Gasteiger partial charge in [0.2, 0.25) is 0 Å². The molecule has 2 N–H and O–H groups in total. The van der Waals surface area contributed by atoms with Gasteiger partial charge in [0.25, 0.3) is 0 Å². The standard InChI is InChI=1S/C12H13FN2/c1-2-9(7-14)5-10-3-4-12(13)11(6-10)8-15/h3-6H,2,7,14H2,1H3/b9-5-. The summed E-state index contributed by atoms with van der Waals surface area (Å²) in [7, 11) is 0. The lowest BCUT2D eigenvalue weighted by molar-refractivity contribution is 0.624. The summed E-state index contributed by atoms with van der Waals surface area (Å²) in [4.78, 5) is 0. The van der Waals surface area contributed by atoms with E-state index < -0.39 is 5.82 Å². The number of nitrogens with two attached hydrogens (primary N) is 1. The average Bonchev–Trinajstić information content (AvgIpc) is 2.28. The van der Waals surface area contributed by atoms with Crippen LogP contribution in [0.1, 0.15) is 24.5 Å². The summed E-state index contributed by atoms with van der Waals surface area (Å²) in [5, 5.41) is 8.66. The summed E-state index contributed by atoms with van der Waals surface area (Å²) in [5.74, 6) is -0.486. The Morgan fingerprint density at radius 1 is 1.60 bits per heavy atom. The molecule has 1 aromatic rings. The maximum Gasteiger partial charge on any atom is 0.140 e. The van der Waals surface area contributed by atoms with Gasteiger partial charge < -0.3 is 5.73 Å². The highest BCUT2D eigenvalue weighted by molar-refractivity contribution is 5.55. The van der Waals surface area contributed by atoms with E-state index in [0.29, 0.717) is 6.54 Å². The smallest absolute Gasteiger partial charge is 0.140 e. The van der Waals surface area contributed by atoms with Gasteiger partial charge in [0.1, 0.15) is 11.9 Å². The van der Waals surface area contributed by atoms with Crippen molar-refractivity contribution in [3.8, 4) is 6.07 Å². The fraction of sp³-hybridized carbons (Fsp3) is 0.250. The van der Waals surface area contributed by atoms with E-state index in [9.17, 15) is 4.39 Å². The van der Waals surface area contributed by atoms with Crippen molar-refractivity contribution in [3.05, 3.63) is 40.7 Å². The number of hydrogen-bond donors (Lipinski definition) is 1. The molecule has 0 saturated carbocycles. The monoisotopic (exact) mass is 204 g/mol. The third kappa shape index (κ3) is 2.90. The molecule has 0 aromatic heterocycles. The fourth-order valence-corrected chi connectivity index (χ4v) is 1.26. The van der Waals surface area contributed by atoms with Gasteiger partial charge in [-0.05, 0) is 24.1 Å². The number of nitriles is 1. The number of hydrogen-bond acceptors (Lipinski definition) is 2. The molecular formula is C12H13FN2. The molecule has 15 heavy (non-hydrogen) atoms. The van der Waals surface area contributed by atoms with E-state index in [4.69, 9.17) is 11.0 Å². The Labute approximate surface area is 88.8 Å². The number of halogens is 1. The molecule has 1 aromatic carbocycles. The van der Waals surface area contributed by atoms with Crippen molar-refractivity contribution in [2.75, 3.05) is 6.54 Å². The lowest BCUT2D eigenvalue weighted by Gasteiger charge is -2.01. The van der Waals surface area contributed by atoms with Crippen LogP contribution in [0.3, 0.4) is 0 Å². The van der Waals surface area contributed by atoms with Gasteiger partial charge in [-0.15, -0.1) is 0 Å². The highest BCUT2D eigenvalue weighted by atomic mass is 19.1. The Morgan fingerprint density at radius 3 is 2.87 bits per heavy atom. The van der Waals surface area contributed by atoms with Crippen LogP contribution in [0.5, 0.6) is 0 Å². The second-order valence-electron chi connectivity index (χ2n) is 3.21. The highest BCUT2D eigenvalue weighted by Gasteiger charge is 2.01. The van der Waals surface area contributed by atoms with E-state index >= 15 is 0 Å². The molecule has 0 aliphatic rings. The summed E-state index contributed by atoms with van der Waals surface area (Å²) in [6.45, 7) is 2.49. The largest absolute Gasteiger partial charge is 0.327 e. The van der Waals surface area contributed by atoms with Crippen LogP contribution in [0.25, 0.3) is 6.08 Å². The lowest BCUT2D eigenvalue weighted by Crippen LogP contribution is -2.01.